The van der Waals surface area contributed by atoms with Gasteiger partial charge < -0.3 is 4.42 Å². The van der Waals surface area contributed by atoms with Crippen LogP contribution in [0.5, 0.6) is 0 Å². The number of rotatable bonds is 6. The molecule has 0 atom stereocenters. The number of hydrogen-bond donors (Lipinski definition) is 0. The van der Waals surface area contributed by atoms with E-state index in [0.29, 0.717) is 5.39 Å². The van der Waals surface area contributed by atoms with Crippen molar-refractivity contribution in [1.29, 1.82) is 0 Å². The van der Waals surface area contributed by atoms with E-state index in [9.17, 15) is 39.6 Å². The molecule has 0 saturated carbocycles. The van der Waals surface area contributed by atoms with Gasteiger partial charge in [-0.3, -0.25) is 0 Å². The highest BCUT2D eigenvalue weighted by Crippen LogP contribution is 2.70. The summed E-state index contributed by atoms with van der Waals surface area (Å²) in [6, 6.07) is 22.8. The zero-order chi connectivity index (χ0) is 30.3. The van der Waals surface area contributed by atoms with E-state index in [1.54, 1.807) is 36.4 Å². The molecule has 1 heterocycles. The van der Waals surface area contributed by atoms with E-state index in [1.807, 2.05) is 0 Å². The Bertz CT molecular complexity index is 1850. The molecule has 0 aliphatic heterocycles. The van der Waals surface area contributed by atoms with Crippen LogP contribution in [0.1, 0.15) is 11.1 Å². The molecule has 42 heavy (non-hydrogen) atoms. The summed E-state index contributed by atoms with van der Waals surface area (Å²) in [4.78, 5) is 11.3. The lowest BCUT2D eigenvalue weighted by Crippen LogP contribution is -2.17. The number of fused-ring (bicyclic) bond motifs is 1. The van der Waals surface area contributed by atoms with Crippen LogP contribution in [-0.2, 0) is 26.1 Å². The largest absolute Gasteiger partial charge is 0.423 e. The first-order chi connectivity index (χ1) is 19.7. The smallest absolute Gasteiger partial charge is 0.416 e. The third-order valence-electron chi connectivity index (χ3n) is 6.12. The standard InChI is InChI=1S/C29H18F6O5S2/c30-28(31,32)20-15-21(29(33,34)35)17-25(16-20)42(37,38)40-41(22-7-3-1-4-8-22,23-9-5-2-6-10-23)24-13-11-19-12-14-27(36)39-26(19)18-24/h1-18H. The second kappa shape index (κ2) is 10.6. The predicted molar refractivity (Wildman–Crippen MR) is 142 cm³/mol. The van der Waals surface area contributed by atoms with Crippen LogP contribution >= 0.6 is 10.3 Å². The van der Waals surface area contributed by atoms with Gasteiger partial charge in [0.2, 0.25) is 0 Å². The van der Waals surface area contributed by atoms with Gasteiger partial charge in [0.1, 0.15) is 5.58 Å². The van der Waals surface area contributed by atoms with Crippen LogP contribution in [0.25, 0.3) is 11.0 Å². The molecule has 0 aliphatic carbocycles. The zero-order valence-electron chi connectivity index (χ0n) is 21.0. The highest BCUT2D eigenvalue weighted by Gasteiger charge is 2.42. The Balaban J connectivity index is 1.83. The highest BCUT2D eigenvalue weighted by molar-refractivity contribution is 8.33. The van der Waals surface area contributed by atoms with Crippen molar-refractivity contribution < 1.29 is 42.8 Å². The summed E-state index contributed by atoms with van der Waals surface area (Å²) in [5.41, 5.74) is -4.26. The van der Waals surface area contributed by atoms with E-state index in [1.165, 1.54) is 54.6 Å². The van der Waals surface area contributed by atoms with E-state index in [0.717, 1.165) is 0 Å². The van der Waals surface area contributed by atoms with E-state index >= 15 is 0 Å². The van der Waals surface area contributed by atoms with Crippen LogP contribution < -0.4 is 5.63 Å². The Morgan fingerprint density at radius 1 is 0.571 bits per heavy atom. The normalized spacial score (nSPS) is 13.3. The van der Waals surface area contributed by atoms with Crippen molar-refractivity contribution >= 4 is 31.4 Å². The van der Waals surface area contributed by atoms with E-state index in [-0.39, 0.29) is 38.5 Å². The molecule has 218 valence electrons. The maximum Gasteiger partial charge on any atom is 0.416 e. The average molecular weight is 625 g/mol. The van der Waals surface area contributed by atoms with Crippen LogP contribution in [0, 0.1) is 0 Å². The third kappa shape index (κ3) is 5.67. The quantitative estimate of drug-likeness (QED) is 0.140. The van der Waals surface area contributed by atoms with E-state index in [2.05, 4.69) is 0 Å². The molecule has 0 radical (unpaired) electrons. The molecular weight excluding hydrogens is 606 g/mol. The average Bonchev–Trinajstić information content (AvgIpc) is 2.95. The Hall–Kier alpha value is -4.07. The van der Waals surface area contributed by atoms with Gasteiger partial charge >= 0.3 is 28.1 Å². The number of alkyl halides is 6. The van der Waals surface area contributed by atoms with Crippen molar-refractivity contribution in [2.45, 2.75) is 31.9 Å². The Kier molecular flexibility index (Phi) is 7.46. The van der Waals surface area contributed by atoms with Gasteiger partial charge in [-0.25, -0.2) is 8.42 Å². The van der Waals surface area contributed by atoms with Gasteiger partial charge in [0, 0.05) is 26.1 Å². The summed E-state index contributed by atoms with van der Waals surface area (Å²) in [5, 5.41) is 0.475. The summed E-state index contributed by atoms with van der Waals surface area (Å²) in [6.07, 6.45) is -10.6. The first-order valence-corrected chi connectivity index (χ1v) is 14.9. The van der Waals surface area contributed by atoms with Crippen molar-refractivity contribution in [3.05, 3.63) is 131 Å². The summed E-state index contributed by atoms with van der Waals surface area (Å²) in [6.45, 7) is 0. The second-order valence-electron chi connectivity index (χ2n) is 8.90. The van der Waals surface area contributed by atoms with Crippen molar-refractivity contribution in [3.8, 4) is 0 Å². The third-order valence-corrected chi connectivity index (χ3v) is 11.3. The summed E-state index contributed by atoms with van der Waals surface area (Å²) < 4.78 is 120. The lowest BCUT2D eigenvalue weighted by Gasteiger charge is -2.39. The molecule has 5 nitrogen and oxygen atoms in total. The van der Waals surface area contributed by atoms with Gasteiger partial charge in [0.15, 0.2) is 0 Å². The Morgan fingerprint density at radius 3 is 1.57 bits per heavy atom. The molecule has 0 N–H and O–H groups in total. The van der Waals surface area contributed by atoms with E-state index in [4.69, 9.17) is 8.05 Å². The molecule has 5 aromatic rings. The number of benzene rings is 4. The molecule has 1 aromatic heterocycles. The van der Waals surface area contributed by atoms with Crippen LogP contribution in [-0.4, -0.2) is 8.42 Å². The van der Waals surface area contributed by atoms with Gasteiger partial charge in [-0.05, 0) is 71.0 Å². The van der Waals surface area contributed by atoms with Crippen LogP contribution in [0.4, 0.5) is 26.3 Å². The molecule has 5 rings (SSSR count). The van der Waals surface area contributed by atoms with Crippen molar-refractivity contribution in [2.75, 3.05) is 0 Å². The Morgan fingerprint density at radius 2 is 1.07 bits per heavy atom. The van der Waals surface area contributed by atoms with Crippen LogP contribution in [0.2, 0.25) is 0 Å². The molecular formula is C29H18F6O5S2. The van der Waals surface area contributed by atoms with E-state index < -0.39 is 54.4 Å². The molecule has 0 bridgehead atoms. The minimum atomic E-state index is -5.34. The predicted octanol–water partition coefficient (Wildman–Crippen LogP) is 8.43. The summed E-state index contributed by atoms with van der Waals surface area (Å²) in [5.74, 6) is 0. The highest BCUT2D eigenvalue weighted by atomic mass is 32.3. The lowest BCUT2D eigenvalue weighted by atomic mass is 10.1. The molecule has 0 amide bonds. The van der Waals surface area contributed by atoms with Crippen molar-refractivity contribution in [1.82, 2.24) is 0 Å². The Labute approximate surface area is 236 Å². The molecule has 13 heteroatoms. The first-order valence-electron chi connectivity index (χ1n) is 11.9. The summed E-state index contributed by atoms with van der Waals surface area (Å²) in [7, 11) is -8.80. The lowest BCUT2D eigenvalue weighted by molar-refractivity contribution is -0.143. The fraction of sp³-hybridized carbons (Fsp3) is 0.0690. The fourth-order valence-electron chi connectivity index (χ4n) is 4.21. The monoisotopic (exact) mass is 624 g/mol. The molecule has 0 aliphatic rings. The zero-order valence-corrected chi connectivity index (χ0v) is 22.7. The maximum atomic E-state index is 13.8. The molecule has 0 unspecified atom stereocenters. The summed E-state index contributed by atoms with van der Waals surface area (Å²) >= 11 is 0. The minimum Gasteiger partial charge on any atom is -0.423 e. The fourth-order valence-corrected chi connectivity index (χ4v) is 9.52. The molecule has 0 saturated heterocycles. The second-order valence-corrected chi connectivity index (χ2v) is 13.4. The van der Waals surface area contributed by atoms with Crippen molar-refractivity contribution in [2.24, 2.45) is 0 Å². The van der Waals surface area contributed by atoms with Gasteiger partial charge in [-0.15, -0.1) is 0 Å². The van der Waals surface area contributed by atoms with Gasteiger partial charge in [0.25, 0.3) is 0 Å². The topological polar surface area (TPSA) is 73.6 Å². The molecule has 0 fully saturated rings. The first kappa shape index (κ1) is 29.4. The minimum absolute atomic E-state index is 0.0585. The number of hydrogen-bond acceptors (Lipinski definition) is 5. The maximum absolute atomic E-state index is 13.8. The van der Waals surface area contributed by atoms with Crippen LogP contribution in [0.15, 0.2) is 138 Å². The number of halogens is 6. The molecule has 4 aromatic carbocycles. The SMILES string of the molecule is O=c1ccc2ccc(S(OS(=O)(=O)c3cc(C(F)(F)F)cc(C(F)(F)F)c3)(c3ccccc3)c3ccccc3)cc2o1. The van der Waals surface area contributed by atoms with Gasteiger partial charge in [-0.2, -0.15) is 34.8 Å². The van der Waals surface area contributed by atoms with Gasteiger partial charge in [0.05, 0.1) is 16.0 Å². The van der Waals surface area contributed by atoms with Gasteiger partial charge in [-0.1, -0.05) is 42.5 Å². The van der Waals surface area contributed by atoms with Crippen LogP contribution in [0.3, 0.4) is 0 Å². The molecule has 0 spiro atoms. The van der Waals surface area contributed by atoms with Crippen molar-refractivity contribution in [3.63, 3.8) is 0 Å².